The first-order valence-corrected chi connectivity index (χ1v) is 18.9. The molecule has 0 saturated carbocycles. The molecule has 0 saturated heterocycles. The van der Waals surface area contributed by atoms with Crippen molar-refractivity contribution in [1.82, 2.24) is 61.4 Å². The van der Waals surface area contributed by atoms with Gasteiger partial charge in [0.2, 0.25) is 17.8 Å². The minimum absolute atomic E-state index is 0.00703. The van der Waals surface area contributed by atoms with E-state index >= 15 is 0 Å². The number of furan rings is 3. The van der Waals surface area contributed by atoms with Crippen LogP contribution in [0.25, 0.3) is 11.0 Å². The van der Waals surface area contributed by atoms with Gasteiger partial charge in [0.25, 0.3) is 0 Å². The second-order valence-corrected chi connectivity index (χ2v) is 12.5. The quantitative estimate of drug-likeness (QED) is 0.0240. The number of rotatable bonds is 13. The van der Waals surface area contributed by atoms with Crippen molar-refractivity contribution >= 4 is 106 Å². The van der Waals surface area contributed by atoms with Crippen molar-refractivity contribution in [2.24, 2.45) is 11.7 Å². The molecule has 0 aromatic carbocycles. The first-order chi connectivity index (χ1) is 31.7. The molecule has 7 aromatic rings. The van der Waals surface area contributed by atoms with Crippen molar-refractivity contribution in [3.05, 3.63) is 105 Å². The zero-order chi connectivity index (χ0) is 48.6. The summed E-state index contributed by atoms with van der Waals surface area (Å²) >= 11 is 16.7. The number of fused-ring (bicyclic) bond motifs is 1. The van der Waals surface area contributed by atoms with E-state index in [0.29, 0.717) is 36.0 Å². The van der Waals surface area contributed by atoms with Crippen LogP contribution in [0.4, 0.5) is 29.5 Å². The average molecular weight is 979 g/mol. The highest BCUT2D eigenvalue weighted by molar-refractivity contribution is 6.37. The number of amides is 3. The minimum Gasteiger partial charge on any atom is -0.459 e. The minimum atomic E-state index is -0.546. The molecule has 7 rings (SSSR count). The molecule has 350 valence electrons. The lowest BCUT2D eigenvalue weighted by Gasteiger charge is -2.09. The third kappa shape index (κ3) is 16.0. The van der Waals surface area contributed by atoms with Crippen molar-refractivity contribution in [2.45, 2.75) is 6.54 Å². The summed E-state index contributed by atoms with van der Waals surface area (Å²) in [6, 6.07) is 9.31. The summed E-state index contributed by atoms with van der Waals surface area (Å²) < 4.78 is 16.0. The second-order valence-electron chi connectivity index (χ2n) is 11.4. The van der Waals surface area contributed by atoms with Crippen LogP contribution < -0.4 is 61.4 Å². The fourth-order valence-corrected chi connectivity index (χ4v) is 4.94. The van der Waals surface area contributed by atoms with Crippen LogP contribution >= 0.6 is 34.8 Å². The Kier molecular flexibility index (Phi) is 21.6. The Balaban J connectivity index is 0.000000237. The number of halogens is 3. The number of hydrogen-bond donors (Lipinski definition) is 13. The van der Waals surface area contributed by atoms with Crippen LogP contribution in [-0.2, 0) is 6.54 Å². The van der Waals surface area contributed by atoms with Gasteiger partial charge >= 0.3 is 17.7 Å². The van der Waals surface area contributed by atoms with E-state index in [1.807, 2.05) is 5.43 Å². The summed E-state index contributed by atoms with van der Waals surface area (Å²) in [5, 5.41) is 21.4. The van der Waals surface area contributed by atoms with Crippen molar-refractivity contribution in [3.8, 4) is 0 Å². The standard InChI is InChI=1S/C12H13N7O3.C10H8ClN5O3.C5H3Cl2N3O.C5H6N2O2.C2H8N2O/c13-12-15-9(17-18-11(21)8-2-1-5-22-8)7-6-14-19(3-4-20)10(7)16-12;11-7-5(4-17)8(14-10(12)13-7)15-16-9(18)6-2-1-3-19-6;6-3-2(1-11)4(7)10-5(8)9-3;6-7-5(8)4-2-1-3-9-4;3-4-1-2-5/h1-2,5-6,20H,3-4H2,(H,18,21)(H3,13,15,16,17);1-4H,(H,16,18)(H3,12,13,14,15);1H,(H2,8,9,10);1-3H,6H2,(H,7,8);4-5H,1-3H2. The molecule has 18 N–H and O–H groups in total. The van der Waals surface area contributed by atoms with E-state index in [1.165, 1.54) is 47.9 Å². The molecule has 32 heteroatoms. The van der Waals surface area contributed by atoms with Crippen molar-refractivity contribution < 1.29 is 47.4 Å². The fraction of sp³-hybridized carbons (Fsp3) is 0.118. The summed E-state index contributed by atoms with van der Waals surface area (Å²) in [4.78, 5) is 77.6. The number of aliphatic hydroxyl groups is 2. The predicted molar refractivity (Wildman–Crippen MR) is 235 cm³/mol. The molecule has 0 atom stereocenters. The lowest BCUT2D eigenvalue weighted by Crippen LogP contribution is -2.30. The molecule has 0 aliphatic rings. The van der Waals surface area contributed by atoms with Crippen LogP contribution in [-0.4, -0.2) is 99.9 Å². The van der Waals surface area contributed by atoms with Crippen molar-refractivity contribution in [2.75, 3.05) is 47.8 Å². The number of anilines is 5. The number of hydrogen-bond acceptors (Lipinski definition) is 25. The van der Waals surface area contributed by atoms with Crippen molar-refractivity contribution in [3.63, 3.8) is 0 Å². The van der Waals surface area contributed by atoms with Gasteiger partial charge < -0.3 is 40.7 Å². The Morgan fingerprint density at radius 3 is 1.53 bits per heavy atom. The molecule has 7 heterocycles. The first-order valence-electron chi connectivity index (χ1n) is 17.8. The van der Waals surface area contributed by atoms with Crippen molar-refractivity contribution in [1.29, 1.82) is 0 Å². The Labute approximate surface area is 384 Å². The van der Waals surface area contributed by atoms with Crippen LogP contribution in [0, 0.1) is 0 Å². The maximum absolute atomic E-state index is 11.8. The van der Waals surface area contributed by atoms with Gasteiger partial charge in [0, 0.05) is 6.54 Å². The molecule has 0 bridgehead atoms. The van der Waals surface area contributed by atoms with E-state index in [9.17, 15) is 24.0 Å². The molecular formula is C34H38Cl3N19O10. The number of carbonyl (C=O) groups is 5. The Bertz CT molecular complexity index is 2610. The highest BCUT2D eigenvalue weighted by Crippen LogP contribution is 2.22. The molecule has 0 radical (unpaired) electrons. The molecule has 66 heavy (non-hydrogen) atoms. The summed E-state index contributed by atoms with van der Waals surface area (Å²) in [6.45, 7) is 0.771. The van der Waals surface area contributed by atoms with Gasteiger partial charge in [-0.25, -0.2) is 25.5 Å². The number of nitrogens with two attached hydrogens (primary N) is 5. The third-order valence-electron chi connectivity index (χ3n) is 7.06. The normalized spacial score (nSPS) is 9.92. The maximum atomic E-state index is 11.8. The third-order valence-corrected chi connectivity index (χ3v) is 7.92. The number of aldehydes is 2. The molecule has 0 aliphatic heterocycles. The maximum Gasteiger partial charge on any atom is 0.305 e. The van der Waals surface area contributed by atoms with Gasteiger partial charge in [0.05, 0.1) is 61.3 Å². The Hall–Kier alpha value is -8.03. The van der Waals surface area contributed by atoms with Gasteiger partial charge in [-0.3, -0.25) is 62.4 Å². The summed E-state index contributed by atoms with van der Waals surface area (Å²) in [6.07, 6.45) is 6.60. The summed E-state index contributed by atoms with van der Waals surface area (Å²) in [5.41, 5.74) is 30.7. The predicted octanol–water partition coefficient (Wildman–Crippen LogP) is 0.128. The van der Waals surface area contributed by atoms with E-state index in [4.69, 9.17) is 87.2 Å². The van der Waals surface area contributed by atoms with Gasteiger partial charge in [-0.1, -0.05) is 34.8 Å². The molecule has 3 amide bonds. The lowest BCUT2D eigenvalue weighted by molar-refractivity contribution is 0.0921. The number of nitrogens with one attached hydrogen (secondary N) is 6. The van der Waals surface area contributed by atoms with Gasteiger partial charge in [-0.05, 0) is 36.4 Å². The van der Waals surface area contributed by atoms with Gasteiger partial charge in [0.15, 0.2) is 47.1 Å². The molecule has 29 nitrogen and oxygen atoms in total. The highest BCUT2D eigenvalue weighted by Gasteiger charge is 2.16. The van der Waals surface area contributed by atoms with Crippen LogP contribution in [0.5, 0.6) is 0 Å². The molecule has 0 spiro atoms. The van der Waals surface area contributed by atoms with E-state index < -0.39 is 17.7 Å². The fourth-order valence-electron chi connectivity index (χ4n) is 4.23. The SMILES string of the molecule is NNC(=O)c1ccco1.NNCCO.Nc1nc(Cl)c(C=O)c(Cl)n1.Nc1nc(Cl)c(C=O)c(NNC(=O)c2ccco2)n1.Nc1nc(NNC(=O)c2ccco2)c2cnn(CCO)c2n1. The largest absolute Gasteiger partial charge is 0.459 e. The monoisotopic (exact) mass is 977 g/mol. The Morgan fingerprint density at radius 2 is 1.11 bits per heavy atom. The summed E-state index contributed by atoms with van der Waals surface area (Å²) in [7, 11) is 0. The van der Waals surface area contributed by atoms with Gasteiger partial charge in [-0.2, -0.15) is 20.1 Å². The number of aliphatic hydroxyl groups excluding tert-OH is 2. The number of nitrogens with zero attached hydrogens (tertiary/aromatic N) is 8. The van der Waals surface area contributed by atoms with Crippen LogP contribution in [0.3, 0.4) is 0 Å². The number of carbonyl (C=O) groups excluding carboxylic acids is 5. The van der Waals surface area contributed by atoms with Gasteiger partial charge in [-0.15, -0.1) is 0 Å². The number of aromatic nitrogens is 8. The molecule has 0 fully saturated rings. The molecule has 0 unspecified atom stereocenters. The zero-order valence-corrected chi connectivity index (χ0v) is 35.8. The lowest BCUT2D eigenvalue weighted by atomic mass is 10.3. The van der Waals surface area contributed by atoms with E-state index in [0.717, 1.165) is 0 Å². The summed E-state index contributed by atoms with van der Waals surface area (Å²) in [5.74, 6) is 8.70. The first kappa shape index (κ1) is 52.3. The number of nitrogen functional groups attached to an aromatic ring is 4. The van der Waals surface area contributed by atoms with Gasteiger partial charge in [0.1, 0.15) is 15.5 Å². The topological polar surface area (TPSA) is 463 Å². The van der Waals surface area contributed by atoms with E-state index in [2.05, 4.69) is 62.1 Å². The van der Waals surface area contributed by atoms with E-state index in [-0.39, 0.29) is 87.3 Å². The zero-order valence-electron chi connectivity index (χ0n) is 33.5. The number of hydrazine groups is 4. The van der Waals surface area contributed by atoms with Crippen LogP contribution in [0.2, 0.25) is 15.5 Å². The van der Waals surface area contributed by atoms with E-state index in [1.54, 1.807) is 18.2 Å². The average Bonchev–Trinajstić information content (AvgIpc) is 4.15. The Morgan fingerprint density at radius 1 is 0.652 bits per heavy atom. The highest BCUT2D eigenvalue weighted by atomic mass is 35.5. The second kappa shape index (κ2) is 27.2. The smallest absolute Gasteiger partial charge is 0.305 e. The molecule has 7 aromatic heterocycles. The van der Waals surface area contributed by atoms with Crippen LogP contribution in [0.1, 0.15) is 52.4 Å². The van der Waals surface area contributed by atoms with Crippen LogP contribution in [0.15, 0.2) is 74.6 Å². The molecule has 0 aliphatic carbocycles. The molecular weight excluding hydrogens is 941 g/mol.